The number of benzene rings is 1. The summed E-state index contributed by atoms with van der Waals surface area (Å²) in [6.45, 7) is 1.88. The Kier molecular flexibility index (Phi) is 4.67. The van der Waals surface area contributed by atoms with Crippen LogP contribution in [0.5, 0.6) is 0 Å². The zero-order valence-corrected chi connectivity index (χ0v) is 13.9. The third-order valence-corrected chi connectivity index (χ3v) is 4.72. The number of carbonyl (C=O) groups excluding carboxylic acids is 2. The number of hydrogen-bond acceptors (Lipinski definition) is 4. The molecule has 0 aliphatic heterocycles. The number of nitrogens with one attached hydrogen (secondary N) is 1. The minimum atomic E-state index is -0.940. The molecule has 0 spiro atoms. The number of carbonyl (C=O) groups is 2. The lowest BCUT2D eigenvalue weighted by atomic mass is 10.1. The highest BCUT2D eigenvalue weighted by molar-refractivity contribution is 7.17. The molecule has 0 saturated carbocycles. The zero-order chi connectivity index (χ0) is 18.0. The molecule has 1 amide bonds. The maximum Gasteiger partial charge on any atom is 0.262 e. The Balaban J connectivity index is 1.82. The van der Waals surface area contributed by atoms with Crippen LogP contribution in [0.15, 0.2) is 42.6 Å². The second kappa shape index (κ2) is 6.90. The molecule has 0 saturated heterocycles. The van der Waals surface area contributed by atoms with Crippen molar-refractivity contribution in [2.24, 2.45) is 0 Å². The lowest BCUT2D eigenvalue weighted by Crippen LogP contribution is -2.16. The molecule has 2 aromatic heterocycles. The minimum Gasteiger partial charge on any atom is -0.306 e. The molecule has 3 aromatic rings. The highest BCUT2D eigenvalue weighted by Crippen LogP contribution is 2.31. The number of hydrogen-bond donors (Lipinski definition) is 1. The molecule has 0 unspecified atom stereocenters. The van der Waals surface area contributed by atoms with Gasteiger partial charge in [0.05, 0.1) is 4.88 Å². The van der Waals surface area contributed by atoms with Gasteiger partial charge in [0.25, 0.3) is 5.91 Å². The molecule has 0 radical (unpaired) electrons. The number of rotatable bonds is 4. The van der Waals surface area contributed by atoms with Crippen LogP contribution >= 0.6 is 11.3 Å². The van der Waals surface area contributed by atoms with Crippen LogP contribution in [0, 0.1) is 18.6 Å². The van der Waals surface area contributed by atoms with Crippen molar-refractivity contribution >= 4 is 29.3 Å². The Bertz CT molecular complexity index is 932. The second-order valence-electron chi connectivity index (χ2n) is 5.26. The summed E-state index contributed by atoms with van der Waals surface area (Å²) in [4.78, 5) is 28.5. The first kappa shape index (κ1) is 16.9. The van der Waals surface area contributed by atoms with E-state index in [1.807, 2.05) is 6.92 Å². The van der Waals surface area contributed by atoms with Crippen molar-refractivity contribution in [3.8, 4) is 10.4 Å². The summed E-state index contributed by atoms with van der Waals surface area (Å²) >= 11 is 1.34. The van der Waals surface area contributed by atoms with E-state index in [4.69, 9.17) is 0 Å². The molecule has 7 heteroatoms. The maximum absolute atomic E-state index is 13.6. The molecule has 0 aliphatic carbocycles. The van der Waals surface area contributed by atoms with Crippen molar-refractivity contribution in [2.45, 2.75) is 6.92 Å². The van der Waals surface area contributed by atoms with E-state index in [0.717, 1.165) is 34.4 Å². The fourth-order valence-electron chi connectivity index (χ4n) is 2.35. The number of anilines is 1. The molecule has 0 bridgehead atoms. The quantitative estimate of drug-likeness (QED) is 0.701. The van der Waals surface area contributed by atoms with Gasteiger partial charge in [0.15, 0.2) is 6.29 Å². The Hall–Kier alpha value is -2.93. The standard InChI is InChI=1S/C18H12F2N2O2S/c1-10-7-12(9-23)25-17(10)11-5-6-15(21-8-11)22-18(24)16-13(19)3-2-4-14(16)20/h2-9H,1H3,(H,21,22,24). The van der Waals surface area contributed by atoms with Crippen LogP contribution in [-0.2, 0) is 0 Å². The van der Waals surface area contributed by atoms with Crippen molar-refractivity contribution in [3.05, 3.63) is 70.2 Å². The Morgan fingerprint density at radius 3 is 2.48 bits per heavy atom. The van der Waals surface area contributed by atoms with Gasteiger partial charge in [-0.2, -0.15) is 0 Å². The van der Waals surface area contributed by atoms with Gasteiger partial charge in [-0.05, 0) is 42.8 Å². The van der Waals surface area contributed by atoms with Gasteiger partial charge < -0.3 is 5.32 Å². The van der Waals surface area contributed by atoms with Crippen molar-refractivity contribution in [2.75, 3.05) is 5.32 Å². The molecular formula is C18H12F2N2O2S. The van der Waals surface area contributed by atoms with Crippen LogP contribution < -0.4 is 5.32 Å². The summed E-state index contributed by atoms with van der Waals surface area (Å²) in [5.41, 5.74) is 1.07. The van der Waals surface area contributed by atoms with E-state index in [0.29, 0.717) is 4.88 Å². The average Bonchev–Trinajstić information content (AvgIpc) is 2.96. The number of amides is 1. The Morgan fingerprint density at radius 2 is 1.92 bits per heavy atom. The van der Waals surface area contributed by atoms with Gasteiger partial charge in [0.1, 0.15) is 23.0 Å². The monoisotopic (exact) mass is 358 g/mol. The van der Waals surface area contributed by atoms with Gasteiger partial charge >= 0.3 is 0 Å². The zero-order valence-electron chi connectivity index (χ0n) is 13.0. The lowest BCUT2D eigenvalue weighted by molar-refractivity contribution is 0.101. The Morgan fingerprint density at radius 1 is 1.20 bits per heavy atom. The first-order valence-electron chi connectivity index (χ1n) is 7.27. The van der Waals surface area contributed by atoms with E-state index in [2.05, 4.69) is 10.3 Å². The molecule has 4 nitrogen and oxygen atoms in total. The molecule has 0 aliphatic rings. The second-order valence-corrected chi connectivity index (χ2v) is 6.35. The molecular weight excluding hydrogens is 346 g/mol. The number of thiophene rings is 1. The number of halogens is 2. The van der Waals surface area contributed by atoms with Crippen molar-refractivity contribution in [3.63, 3.8) is 0 Å². The third-order valence-electron chi connectivity index (χ3n) is 3.51. The third kappa shape index (κ3) is 3.46. The summed E-state index contributed by atoms with van der Waals surface area (Å²) in [5, 5.41) is 2.37. The highest BCUT2D eigenvalue weighted by Gasteiger charge is 2.17. The van der Waals surface area contributed by atoms with Crippen LogP contribution in [0.3, 0.4) is 0 Å². The Labute approximate surface area is 146 Å². The maximum atomic E-state index is 13.6. The van der Waals surface area contributed by atoms with E-state index in [1.54, 1.807) is 12.1 Å². The van der Waals surface area contributed by atoms with Gasteiger partial charge in [-0.15, -0.1) is 11.3 Å². The summed E-state index contributed by atoms with van der Waals surface area (Å²) in [7, 11) is 0. The molecule has 0 fully saturated rings. The van der Waals surface area contributed by atoms with E-state index in [9.17, 15) is 18.4 Å². The van der Waals surface area contributed by atoms with E-state index in [-0.39, 0.29) is 5.82 Å². The molecule has 0 atom stereocenters. The van der Waals surface area contributed by atoms with Crippen molar-refractivity contribution in [1.29, 1.82) is 0 Å². The summed E-state index contributed by atoms with van der Waals surface area (Å²) in [5.74, 6) is -2.62. The number of pyridine rings is 1. The van der Waals surface area contributed by atoms with Crippen LogP contribution in [0.1, 0.15) is 25.6 Å². The number of aldehydes is 1. The van der Waals surface area contributed by atoms with Crippen LogP contribution in [0.4, 0.5) is 14.6 Å². The SMILES string of the molecule is Cc1cc(C=O)sc1-c1ccc(NC(=O)c2c(F)cccc2F)nc1. The molecule has 2 heterocycles. The van der Waals surface area contributed by atoms with Gasteiger partial charge in [0, 0.05) is 16.6 Å². The van der Waals surface area contributed by atoms with Gasteiger partial charge in [-0.3, -0.25) is 9.59 Å². The number of nitrogens with zero attached hydrogens (tertiary/aromatic N) is 1. The predicted molar refractivity (Wildman–Crippen MR) is 92.0 cm³/mol. The summed E-state index contributed by atoms with van der Waals surface area (Å²) < 4.78 is 27.2. The molecule has 3 rings (SSSR count). The smallest absolute Gasteiger partial charge is 0.262 e. The number of aryl methyl sites for hydroxylation is 1. The van der Waals surface area contributed by atoms with Crippen LogP contribution in [0.25, 0.3) is 10.4 Å². The van der Waals surface area contributed by atoms with Crippen LogP contribution in [0.2, 0.25) is 0 Å². The predicted octanol–water partition coefficient (Wildman–Crippen LogP) is 4.46. The fourth-order valence-corrected chi connectivity index (χ4v) is 3.33. The van der Waals surface area contributed by atoms with E-state index >= 15 is 0 Å². The fraction of sp³-hybridized carbons (Fsp3) is 0.0556. The minimum absolute atomic E-state index is 0.168. The largest absolute Gasteiger partial charge is 0.306 e. The van der Waals surface area contributed by atoms with E-state index < -0.39 is 23.1 Å². The summed E-state index contributed by atoms with van der Waals surface area (Å²) in [6, 6.07) is 8.24. The van der Waals surface area contributed by atoms with E-state index in [1.165, 1.54) is 29.7 Å². The van der Waals surface area contributed by atoms with Gasteiger partial charge in [-0.25, -0.2) is 13.8 Å². The van der Waals surface area contributed by atoms with Crippen molar-refractivity contribution in [1.82, 2.24) is 4.98 Å². The normalized spacial score (nSPS) is 10.5. The lowest BCUT2D eigenvalue weighted by Gasteiger charge is -2.07. The van der Waals surface area contributed by atoms with Gasteiger partial charge in [0.2, 0.25) is 0 Å². The van der Waals surface area contributed by atoms with Crippen LogP contribution in [-0.4, -0.2) is 17.2 Å². The average molecular weight is 358 g/mol. The molecule has 25 heavy (non-hydrogen) atoms. The first-order valence-corrected chi connectivity index (χ1v) is 8.08. The number of aromatic nitrogens is 1. The molecule has 126 valence electrons. The van der Waals surface area contributed by atoms with Gasteiger partial charge in [-0.1, -0.05) is 6.07 Å². The topological polar surface area (TPSA) is 59.1 Å². The molecule has 1 N–H and O–H groups in total. The molecule has 1 aromatic carbocycles. The first-order chi connectivity index (χ1) is 12.0. The summed E-state index contributed by atoms with van der Waals surface area (Å²) in [6.07, 6.45) is 2.31. The highest BCUT2D eigenvalue weighted by atomic mass is 32.1. The van der Waals surface area contributed by atoms with Crippen molar-refractivity contribution < 1.29 is 18.4 Å².